The summed E-state index contributed by atoms with van der Waals surface area (Å²) in [5, 5.41) is 8.97. The average Bonchev–Trinajstić information content (AvgIpc) is 2.90. The Balaban J connectivity index is 2.21. The van der Waals surface area contributed by atoms with Crippen LogP contribution in [0.15, 0.2) is 10.7 Å². The molecule has 0 atom stereocenters. The highest BCUT2D eigenvalue weighted by molar-refractivity contribution is 9.10. The summed E-state index contributed by atoms with van der Waals surface area (Å²) < 4.78 is 4.21. The molecule has 0 aliphatic carbocycles. The van der Waals surface area contributed by atoms with Crippen LogP contribution in [-0.2, 0) is 20.1 Å². The summed E-state index contributed by atoms with van der Waals surface area (Å²) in [5.41, 5.74) is 1.85. The highest BCUT2D eigenvalue weighted by Gasteiger charge is 2.23. The van der Waals surface area contributed by atoms with Crippen molar-refractivity contribution in [1.29, 1.82) is 0 Å². The van der Waals surface area contributed by atoms with Crippen molar-refractivity contribution in [2.24, 2.45) is 7.05 Å². The van der Waals surface area contributed by atoms with Gasteiger partial charge >= 0.3 is 0 Å². The normalized spacial score (nSPS) is 11.0. The molecule has 2 aromatic heterocycles. The zero-order valence-electron chi connectivity index (χ0n) is 12.4. The molecule has 0 aromatic carbocycles. The van der Waals surface area contributed by atoms with Gasteiger partial charge in [0.1, 0.15) is 5.69 Å². The second-order valence-electron chi connectivity index (χ2n) is 4.81. The summed E-state index contributed by atoms with van der Waals surface area (Å²) in [6.45, 7) is 4.96. The Morgan fingerprint density at radius 3 is 2.62 bits per heavy atom. The summed E-state index contributed by atoms with van der Waals surface area (Å²) in [5.74, 6) is -0.180. The molecule has 2 rings (SSSR count). The minimum Gasteiger partial charge on any atom is -0.334 e. The molecule has 0 aliphatic heterocycles. The van der Waals surface area contributed by atoms with Gasteiger partial charge in [-0.1, -0.05) is 11.6 Å². The molecule has 0 saturated heterocycles. The Labute approximate surface area is 136 Å². The quantitative estimate of drug-likeness (QED) is 0.826. The zero-order chi connectivity index (χ0) is 15.7. The van der Waals surface area contributed by atoms with Gasteiger partial charge in [-0.25, -0.2) is 0 Å². The van der Waals surface area contributed by atoms with Crippen LogP contribution in [0.4, 0.5) is 0 Å². The van der Waals surface area contributed by atoms with Crippen LogP contribution in [0.2, 0.25) is 5.02 Å². The van der Waals surface area contributed by atoms with Gasteiger partial charge in [0.25, 0.3) is 5.91 Å². The van der Waals surface area contributed by atoms with E-state index in [4.69, 9.17) is 11.6 Å². The predicted octanol–water partition coefficient (Wildman–Crippen LogP) is 2.63. The lowest BCUT2D eigenvalue weighted by Crippen LogP contribution is -2.28. The van der Waals surface area contributed by atoms with Gasteiger partial charge in [0.15, 0.2) is 0 Å². The third-order valence-corrected chi connectivity index (χ3v) is 4.31. The van der Waals surface area contributed by atoms with Crippen LogP contribution in [0.25, 0.3) is 0 Å². The molecule has 2 aromatic rings. The van der Waals surface area contributed by atoms with Crippen LogP contribution in [-0.4, -0.2) is 37.4 Å². The maximum Gasteiger partial charge on any atom is 0.273 e. The SMILES string of the molecule is CCn1cc(Br)c(CN(C)C(=O)c2c(Cl)c(C)nn2C)n1. The number of rotatable bonds is 4. The maximum absolute atomic E-state index is 12.5. The van der Waals surface area contributed by atoms with Crippen molar-refractivity contribution in [3.63, 3.8) is 0 Å². The lowest BCUT2D eigenvalue weighted by molar-refractivity contribution is 0.0772. The van der Waals surface area contributed by atoms with E-state index in [-0.39, 0.29) is 5.91 Å². The first-order chi connectivity index (χ1) is 9.85. The van der Waals surface area contributed by atoms with Gasteiger partial charge < -0.3 is 4.90 Å². The van der Waals surface area contributed by atoms with E-state index in [0.29, 0.717) is 23.0 Å². The van der Waals surface area contributed by atoms with Crippen molar-refractivity contribution < 1.29 is 4.79 Å². The maximum atomic E-state index is 12.5. The average molecular weight is 375 g/mol. The van der Waals surface area contributed by atoms with E-state index in [1.165, 1.54) is 4.68 Å². The molecule has 0 bridgehead atoms. The van der Waals surface area contributed by atoms with Crippen LogP contribution in [0.1, 0.15) is 28.8 Å². The molecule has 0 N–H and O–H groups in total. The first kappa shape index (κ1) is 16.0. The second-order valence-corrected chi connectivity index (χ2v) is 6.04. The molecular weight excluding hydrogens is 358 g/mol. The largest absolute Gasteiger partial charge is 0.334 e. The standard InChI is InChI=1S/C13H17BrClN5O/c1-5-20-6-9(14)10(17-20)7-18(3)13(21)12-11(15)8(2)16-19(12)4/h6H,5,7H2,1-4H3. The molecule has 21 heavy (non-hydrogen) atoms. The Morgan fingerprint density at radius 2 is 2.14 bits per heavy atom. The van der Waals surface area contributed by atoms with Gasteiger partial charge in [-0.3, -0.25) is 14.2 Å². The Hall–Kier alpha value is -1.34. The Bertz CT molecular complexity index is 678. The van der Waals surface area contributed by atoms with Crippen molar-refractivity contribution in [2.75, 3.05) is 7.05 Å². The number of aromatic nitrogens is 4. The van der Waals surface area contributed by atoms with E-state index in [9.17, 15) is 4.79 Å². The number of hydrogen-bond acceptors (Lipinski definition) is 3. The molecule has 114 valence electrons. The van der Waals surface area contributed by atoms with Crippen molar-refractivity contribution in [2.45, 2.75) is 26.9 Å². The van der Waals surface area contributed by atoms with Gasteiger partial charge in [-0.05, 0) is 29.8 Å². The summed E-state index contributed by atoms with van der Waals surface area (Å²) >= 11 is 9.61. The van der Waals surface area contributed by atoms with Gasteiger partial charge in [0.2, 0.25) is 0 Å². The van der Waals surface area contributed by atoms with Gasteiger partial charge in [-0.15, -0.1) is 0 Å². The molecule has 0 radical (unpaired) electrons. The van der Waals surface area contributed by atoms with E-state index in [2.05, 4.69) is 26.1 Å². The minimum atomic E-state index is -0.180. The van der Waals surface area contributed by atoms with Crippen LogP contribution >= 0.6 is 27.5 Å². The fourth-order valence-electron chi connectivity index (χ4n) is 2.05. The predicted molar refractivity (Wildman–Crippen MR) is 84.4 cm³/mol. The first-order valence-electron chi connectivity index (χ1n) is 6.51. The number of halogens is 2. The van der Waals surface area contributed by atoms with E-state index in [0.717, 1.165) is 16.7 Å². The Morgan fingerprint density at radius 1 is 1.48 bits per heavy atom. The van der Waals surface area contributed by atoms with Crippen LogP contribution in [0.5, 0.6) is 0 Å². The van der Waals surface area contributed by atoms with Crippen molar-refractivity contribution in [3.8, 4) is 0 Å². The lowest BCUT2D eigenvalue weighted by Gasteiger charge is -2.16. The fraction of sp³-hybridized carbons (Fsp3) is 0.462. The molecule has 0 unspecified atom stereocenters. The number of carbonyl (C=O) groups excluding carboxylic acids is 1. The number of hydrogen-bond donors (Lipinski definition) is 0. The van der Waals surface area contributed by atoms with Crippen molar-refractivity contribution >= 4 is 33.4 Å². The number of nitrogens with zero attached hydrogens (tertiary/aromatic N) is 5. The molecule has 0 saturated carbocycles. The molecule has 1 amide bonds. The summed E-state index contributed by atoms with van der Waals surface area (Å²) in [6.07, 6.45) is 1.90. The van der Waals surface area contributed by atoms with Gasteiger partial charge in [-0.2, -0.15) is 10.2 Å². The third-order valence-electron chi connectivity index (χ3n) is 3.20. The first-order valence-corrected chi connectivity index (χ1v) is 7.68. The van der Waals surface area contributed by atoms with Crippen LogP contribution < -0.4 is 0 Å². The molecule has 0 spiro atoms. The zero-order valence-corrected chi connectivity index (χ0v) is 14.7. The van der Waals surface area contributed by atoms with Crippen LogP contribution in [0, 0.1) is 6.92 Å². The molecule has 6 nitrogen and oxygen atoms in total. The minimum absolute atomic E-state index is 0.180. The van der Waals surface area contributed by atoms with Gasteiger partial charge in [0.05, 0.1) is 27.4 Å². The topological polar surface area (TPSA) is 56.0 Å². The van der Waals surface area contributed by atoms with E-state index >= 15 is 0 Å². The van der Waals surface area contributed by atoms with E-state index in [1.54, 1.807) is 25.9 Å². The third kappa shape index (κ3) is 3.13. The number of carbonyl (C=O) groups is 1. The lowest BCUT2D eigenvalue weighted by atomic mass is 10.3. The monoisotopic (exact) mass is 373 g/mol. The molecule has 0 aliphatic rings. The van der Waals surface area contributed by atoms with Crippen LogP contribution in [0.3, 0.4) is 0 Å². The van der Waals surface area contributed by atoms with Crippen molar-refractivity contribution in [3.05, 3.63) is 32.8 Å². The number of amides is 1. The fourth-order valence-corrected chi connectivity index (χ4v) is 2.73. The van der Waals surface area contributed by atoms with E-state index in [1.807, 2.05) is 17.8 Å². The molecule has 2 heterocycles. The summed E-state index contributed by atoms with van der Waals surface area (Å²) in [6, 6.07) is 0. The van der Waals surface area contributed by atoms with E-state index < -0.39 is 0 Å². The van der Waals surface area contributed by atoms with Gasteiger partial charge in [0, 0.05) is 26.8 Å². The van der Waals surface area contributed by atoms with Crippen molar-refractivity contribution in [1.82, 2.24) is 24.5 Å². The second kappa shape index (κ2) is 6.19. The smallest absolute Gasteiger partial charge is 0.273 e. The Kier molecular flexibility index (Phi) is 4.73. The highest BCUT2D eigenvalue weighted by Crippen LogP contribution is 2.22. The highest BCUT2D eigenvalue weighted by atomic mass is 79.9. The number of aryl methyl sites for hydroxylation is 3. The molecular formula is C13H17BrClN5O. The summed E-state index contributed by atoms with van der Waals surface area (Å²) in [4.78, 5) is 14.1. The summed E-state index contributed by atoms with van der Waals surface area (Å²) in [7, 11) is 3.43. The molecule has 8 heteroatoms. The molecule has 0 fully saturated rings.